The monoisotopic (exact) mass is 426 g/mol. The predicted molar refractivity (Wildman–Crippen MR) is 83.0 cm³/mol. The fraction of sp³-hybridized carbons (Fsp3) is 0.308. The average molecular weight is 428 g/mol. The van der Waals surface area contributed by atoms with Crippen LogP contribution in [0, 0.1) is 6.92 Å². The van der Waals surface area contributed by atoms with Gasteiger partial charge in [0.05, 0.1) is 28.2 Å². The van der Waals surface area contributed by atoms with E-state index in [1.54, 1.807) is 13.1 Å². The topological polar surface area (TPSA) is 34.2 Å². The Bertz CT molecular complexity index is 717. The molecule has 0 saturated heterocycles. The molecule has 0 radical (unpaired) electrons. The highest BCUT2D eigenvalue weighted by atomic mass is 79.9. The summed E-state index contributed by atoms with van der Waals surface area (Å²) in [5.41, 5.74) is -0.353. The zero-order valence-electron chi connectivity index (χ0n) is 11.3. The Kier molecular flexibility index (Phi) is 4.39. The third-order valence-electron chi connectivity index (χ3n) is 3.09. The first-order chi connectivity index (χ1) is 9.72. The number of nitrogens with one attached hydrogen (secondary N) is 1. The number of rotatable bonds is 2. The summed E-state index contributed by atoms with van der Waals surface area (Å²) in [7, 11) is 3.02. The van der Waals surface area contributed by atoms with Crippen molar-refractivity contribution in [3.05, 3.63) is 26.3 Å². The highest BCUT2D eigenvalue weighted by Crippen LogP contribution is 2.45. The maximum atomic E-state index is 13.1. The van der Waals surface area contributed by atoms with Crippen molar-refractivity contribution in [2.24, 2.45) is 0 Å². The van der Waals surface area contributed by atoms with Gasteiger partial charge in [-0.3, -0.25) is 0 Å². The number of pyridine rings is 1. The van der Waals surface area contributed by atoms with E-state index in [2.05, 4.69) is 42.2 Å². The molecule has 21 heavy (non-hydrogen) atoms. The van der Waals surface area contributed by atoms with Gasteiger partial charge < -0.3 is 10.1 Å². The van der Waals surface area contributed by atoms with E-state index in [0.717, 1.165) is 0 Å². The lowest BCUT2D eigenvalue weighted by atomic mass is 10.1. The molecule has 1 aromatic carbocycles. The molecular weight excluding hydrogens is 417 g/mol. The van der Waals surface area contributed by atoms with Gasteiger partial charge in [0.1, 0.15) is 11.4 Å². The van der Waals surface area contributed by atoms with Gasteiger partial charge in [0, 0.05) is 17.1 Å². The van der Waals surface area contributed by atoms with Gasteiger partial charge >= 0.3 is 6.18 Å². The van der Waals surface area contributed by atoms with E-state index >= 15 is 0 Å². The molecule has 0 aliphatic rings. The number of alkyl halides is 3. The van der Waals surface area contributed by atoms with Crippen LogP contribution in [0.15, 0.2) is 15.0 Å². The van der Waals surface area contributed by atoms with Gasteiger partial charge in [-0.25, -0.2) is 4.98 Å². The van der Waals surface area contributed by atoms with Crippen molar-refractivity contribution in [1.29, 1.82) is 0 Å². The molecule has 0 aliphatic heterocycles. The van der Waals surface area contributed by atoms with Crippen molar-refractivity contribution in [2.75, 3.05) is 19.5 Å². The normalized spacial score (nSPS) is 11.8. The quantitative estimate of drug-likeness (QED) is 0.720. The summed E-state index contributed by atoms with van der Waals surface area (Å²) in [6, 6.07) is 1.61. The second-order valence-corrected chi connectivity index (χ2v) is 6.01. The van der Waals surface area contributed by atoms with Crippen molar-refractivity contribution in [1.82, 2.24) is 4.98 Å². The lowest BCUT2D eigenvalue weighted by Gasteiger charge is -2.19. The van der Waals surface area contributed by atoms with Crippen LogP contribution < -0.4 is 10.1 Å². The van der Waals surface area contributed by atoms with Crippen molar-refractivity contribution in [3.63, 3.8) is 0 Å². The van der Waals surface area contributed by atoms with Crippen LogP contribution >= 0.6 is 31.9 Å². The van der Waals surface area contributed by atoms with Crippen LogP contribution in [0.3, 0.4) is 0 Å². The van der Waals surface area contributed by atoms with Crippen LogP contribution in [-0.4, -0.2) is 19.1 Å². The van der Waals surface area contributed by atoms with Crippen LogP contribution in [0.5, 0.6) is 5.75 Å². The number of halogens is 5. The van der Waals surface area contributed by atoms with Crippen LogP contribution in [0.25, 0.3) is 10.9 Å². The van der Waals surface area contributed by atoms with Gasteiger partial charge in [-0.1, -0.05) is 0 Å². The van der Waals surface area contributed by atoms with Crippen molar-refractivity contribution in [2.45, 2.75) is 13.1 Å². The zero-order valence-corrected chi connectivity index (χ0v) is 14.5. The van der Waals surface area contributed by atoms with Crippen LogP contribution in [0.1, 0.15) is 11.3 Å². The van der Waals surface area contributed by atoms with Crippen LogP contribution in [0.4, 0.5) is 18.9 Å². The first-order valence-electron chi connectivity index (χ1n) is 5.83. The number of hydrogen-bond donors (Lipinski definition) is 1. The number of anilines is 1. The number of ether oxygens (including phenoxy) is 1. The van der Waals surface area contributed by atoms with Crippen LogP contribution in [-0.2, 0) is 6.18 Å². The predicted octanol–water partition coefficient (Wildman–Crippen LogP) is 5.14. The summed E-state index contributed by atoms with van der Waals surface area (Å²) >= 11 is 6.60. The maximum Gasteiger partial charge on any atom is 0.433 e. The lowest BCUT2D eigenvalue weighted by Crippen LogP contribution is -2.13. The molecule has 1 heterocycles. The molecule has 2 aromatic rings. The summed E-state index contributed by atoms with van der Waals surface area (Å²) in [4.78, 5) is 3.79. The minimum Gasteiger partial charge on any atom is -0.495 e. The number of aromatic nitrogens is 1. The third kappa shape index (κ3) is 2.70. The fourth-order valence-electron chi connectivity index (χ4n) is 2.22. The molecule has 1 aromatic heterocycles. The van der Waals surface area contributed by atoms with Crippen molar-refractivity contribution in [3.8, 4) is 5.75 Å². The first kappa shape index (κ1) is 16.4. The fourth-order valence-corrected chi connectivity index (χ4v) is 3.63. The molecule has 0 spiro atoms. The Morgan fingerprint density at radius 2 is 1.86 bits per heavy atom. The summed E-state index contributed by atoms with van der Waals surface area (Å²) in [6.45, 7) is 1.38. The van der Waals surface area contributed by atoms with Gasteiger partial charge in [0.15, 0.2) is 0 Å². The Balaban J connectivity index is 3.05. The summed E-state index contributed by atoms with van der Waals surface area (Å²) in [6.07, 6.45) is -4.52. The van der Waals surface area contributed by atoms with E-state index in [-0.39, 0.29) is 11.1 Å². The van der Waals surface area contributed by atoms with Crippen LogP contribution in [0.2, 0.25) is 0 Å². The molecule has 0 unspecified atom stereocenters. The molecule has 3 nitrogen and oxygen atoms in total. The van der Waals surface area contributed by atoms with Gasteiger partial charge in [-0.2, -0.15) is 13.2 Å². The molecule has 0 atom stereocenters. The van der Waals surface area contributed by atoms with Gasteiger partial charge in [0.2, 0.25) is 0 Å². The van der Waals surface area contributed by atoms with Gasteiger partial charge in [-0.05, 0) is 44.8 Å². The summed E-state index contributed by atoms with van der Waals surface area (Å²) < 4.78 is 45.8. The minimum atomic E-state index is -4.52. The molecule has 1 N–H and O–H groups in total. The second-order valence-electron chi connectivity index (χ2n) is 4.31. The SMILES string of the molecule is CNc1c(C)c(C(F)(F)F)nc2c(Br)cc(Br)c(OC)c12. The average Bonchev–Trinajstić information content (AvgIpc) is 2.37. The number of fused-ring (bicyclic) bond motifs is 1. The first-order valence-corrected chi connectivity index (χ1v) is 7.42. The van der Waals surface area contributed by atoms with E-state index in [0.29, 0.717) is 25.8 Å². The third-order valence-corrected chi connectivity index (χ3v) is 4.28. The number of hydrogen-bond acceptors (Lipinski definition) is 3. The van der Waals surface area contributed by atoms with E-state index in [4.69, 9.17) is 4.74 Å². The largest absolute Gasteiger partial charge is 0.495 e. The number of nitrogens with zero attached hydrogens (tertiary/aromatic N) is 1. The van der Waals surface area contributed by atoms with E-state index < -0.39 is 11.9 Å². The molecule has 0 bridgehead atoms. The second kappa shape index (κ2) is 5.64. The van der Waals surface area contributed by atoms with Gasteiger partial charge in [0.25, 0.3) is 0 Å². The Morgan fingerprint density at radius 3 is 2.33 bits per heavy atom. The summed E-state index contributed by atoms with van der Waals surface area (Å²) in [5, 5.41) is 3.31. The maximum absolute atomic E-state index is 13.1. The zero-order chi connectivity index (χ0) is 15.9. The standard InChI is InChI=1S/C13H11Br2F3N2O/c1-5-9(19-2)8-10(20-12(5)13(16,17)18)6(14)4-7(15)11(8)21-3/h4H,1-3H3,(H,19,20). The summed E-state index contributed by atoms with van der Waals surface area (Å²) in [5.74, 6) is 0.432. The molecule has 0 fully saturated rings. The Labute approximate surface area is 136 Å². The van der Waals surface area contributed by atoms with E-state index in [1.165, 1.54) is 14.0 Å². The Morgan fingerprint density at radius 1 is 1.24 bits per heavy atom. The molecular formula is C13H11Br2F3N2O. The number of methoxy groups -OCH3 is 1. The highest BCUT2D eigenvalue weighted by molar-refractivity contribution is 9.11. The lowest BCUT2D eigenvalue weighted by molar-refractivity contribution is -0.141. The molecule has 0 aliphatic carbocycles. The smallest absolute Gasteiger partial charge is 0.433 e. The van der Waals surface area contributed by atoms with Crippen molar-refractivity contribution < 1.29 is 17.9 Å². The molecule has 8 heteroatoms. The molecule has 2 rings (SSSR count). The minimum absolute atomic E-state index is 0.0285. The van der Waals surface area contributed by atoms with E-state index in [9.17, 15) is 13.2 Å². The number of benzene rings is 1. The van der Waals surface area contributed by atoms with E-state index in [1.807, 2.05) is 0 Å². The molecule has 114 valence electrons. The highest BCUT2D eigenvalue weighted by Gasteiger charge is 2.36. The molecule has 0 saturated carbocycles. The Hall–Kier alpha value is -1.02. The van der Waals surface area contributed by atoms with Crippen molar-refractivity contribution >= 4 is 48.5 Å². The van der Waals surface area contributed by atoms with Gasteiger partial charge in [-0.15, -0.1) is 0 Å². The molecule has 0 amide bonds.